The first-order valence-electron chi connectivity index (χ1n) is 7.63. The molecule has 0 N–H and O–H groups in total. The number of unbranched alkanes of at least 4 members (excludes halogenated alkanes) is 1. The molecule has 0 radical (unpaired) electrons. The summed E-state index contributed by atoms with van der Waals surface area (Å²) in [5, 5.41) is 0. The zero-order valence-electron chi connectivity index (χ0n) is 13.7. The minimum atomic E-state index is 0. The summed E-state index contributed by atoms with van der Waals surface area (Å²) in [5.74, 6) is 0. The molecule has 0 fully saturated rings. The van der Waals surface area contributed by atoms with Gasteiger partial charge in [-0.25, -0.2) is 4.57 Å². The molecule has 1 heterocycles. The molecule has 118 valence electrons. The standard InChI is InChI=1S/C19H25N2.HI/c1-4-5-14-21-15-12-18(13-16-21)7-6-17-8-10-19(11-9-17)20(2)3;/h6-13,15-16H,4-5,14H2,1-3H3;1H/q+1;/p-1. The maximum atomic E-state index is 2.24. The third-order valence-corrected chi connectivity index (χ3v) is 3.56. The largest absolute Gasteiger partial charge is 1.00 e. The highest BCUT2D eigenvalue weighted by molar-refractivity contribution is 5.70. The summed E-state index contributed by atoms with van der Waals surface area (Å²) in [5.41, 5.74) is 3.69. The van der Waals surface area contributed by atoms with Crippen LogP contribution in [0.15, 0.2) is 48.8 Å². The highest BCUT2D eigenvalue weighted by atomic mass is 127. The van der Waals surface area contributed by atoms with Gasteiger partial charge >= 0.3 is 0 Å². The summed E-state index contributed by atoms with van der Waals surface area (Å²) in [6.07, 6.45) is 11.1. The van der Waals surface area contributed by atoms with Crippen LogP contribution in [0.3, 0.4) is 0 Å². The van der Waals surface area contributed by atoms with Gasteiger partial charge in [-0.3, -0.25) is 0 Å². The summed E-state index contributed by atoms with van der Waals surface area (Å²) in [6.45, 7) is 3.33. The molecule has 0 aliphatic carbocycles. The smallest absolute Gasteiger partial charge is 0.169 e. The van der Waals surface area contributed by atoms with E-state index in [0.717, 1.165) is 6.54 Å². The Balaban J connectivity index is 0.00000242. The van der Waals surface area contributed by atoms with E-state index in [4.69, 9.17) is 0 Å². The fourth-order valence-electron chi connectivity index (χ4n) is 2.15. The van der Waals surface area contributed by atoms with Crippen LogP contribution in [0.5, 0.6) is 0 Å². The average molecular weight is 408 g/mol. The van der Waals surface area contributed by atoms with E-state index in [1.165, 1.54) is 29.7 Å². The number of benzene rings is 1. The van der Waals surface area contributed by atoms with Crippen molar-refractivity contribution < 1.29 is 28.5 Å². The third-order valence-electron chi connectivity index (χ3n) is 3.56. The second-order valence-corrected chi connectivity index (χ2v) is 5.54. The van der Waals surface area contributed by atoms with Crippen LogP contribution in [0.4, 0.5) is 5.69 Å². The van der Waals surface area contributed by atoms with Crippen LogP contribution >= 0.6 is 0 Å². The van der Waals surface area contributed by atoms with E-state index in [9.17, 15) is 0 Å². The van der Waals surface area contributed by atoms with E-state index < -0.39 is 0 Å². The zero-order valence-corrected chi connectivity index (χ0v) is 15.8. The molecule has 0 atom stereocenters. The van der Waals surface area contributed by atoms with Gasteiger partial charge in [-0.05, 0) is 23.3 Å². The Hall–Kier alpha value is -1.36. The van der Waals surface area contributed by atoms with Crippen molar-refractivity contribution >= 4 is 17.8 Å². The Morgan fingerprint density at radius 1 is 0.909 bits per heavy atom. The van der Waals surface area contributed by atoms with Crippen molar-refractivity contribution in [2.24, 2.45) is 0 Å². The zero-order chi connectivity index (χ0) is 15.1. The quantitative estimate of drug-likeness (QED) is 0.512. The van der Waals surface area contributed by atoms with Gasteiger partial charge in [-0.2, -0.15) is 0 Å². The molecule has 22 heavy (non-hydrogen) atoms. The Morgan fingerprint density at radius 3 is 1.95 bits per heavy atom. The van der Waals surface area contributed by atoms with Crippen LogP contribution in [-0.2, 0) is 6.54 Å². The van der Waals surface area contributed by atoms with Crippen LogP contribution in [0.1, 0.15) is 30.9 Å². The Bertz CT molecular complexity index is 571. The Morgan fingerprint density at radius 2 is 1.45 bits per heavy atom. The number of hydrogen-bond donors (Lipinski definition) is 0. The van der Waals surface area contributed by atoms with Gasteiger partial charge in [0.05, 0.1) is 0 Å². The van der Waals surface area contributed by atoms with Crippen molar-refractivity contribution in [1.29, 1.82) is 0 Å². The molecular formula is C19H25IN2. The average Bonchev–Trinajstić information content (AvgIpc) is 2.52. The van der Waals surface area contributed by atoms with Gasteiger partial charge in [0, 0.05) is 38.3 Å². The minimum Gasteiger partial charge on any atom is -1.00 e. The predicted molar refractivity (Wildman–Crippen MR) is 91.2 cm³/mol. The molecule has 0 amide bonds. The summed E-state index contributed by atoms with van der Waals surface area (Å²) >= 11 is 0. The molecule has 3 heteroatoms. The first-order chi connectivity index (χ1) is 10.2. The lowest BCUT2D eigenvalue weighted by Crippen LogP contribution is -3.00. The summed E-state index contributed by atoms with van der Waals surface area (Å²) < 4.78 is 2.24. The highest BCUT2D eigenvalue weighted by Crippen LogP contribution is 2.14. The highest BCUT2D eigenvalue weighted by Gasteiger charge is 1.98. The van der Waals surface area contributed by atoms with Gasteiger partial charge in [0.2, 0.25) is 0 Å². The molecule has 0 unspecified atom stereocenters. The molecule has 2 nitrogen and oxygen atoms in total. The van der Waals surface area contributed by atoms with Crippen molar-refractivity contribution in [3.05, 3.63) is 59.9 Å². The minimum absolute atomic E-state index is 0. The molecule has 0 saturated carbocycles. The van der Waals surface area contributed by atoms with Crippen molar-refractivity contribution in [2.45, 2.75) is 26.3 Å². The number of aromatic nitrogens is 1. The second kappa shape index (κ2) is 9.62. The molecule has 0 saturated heterocycles. The van der Waals surface area contributed by atoms with E-state index in [-0.39, 0.29) is 24.0 Å². The lowest BCUT2D eigenvalue weighted by Gasteiger charge is -2.11. The van der Waals surface area contributed by atoms with Crippen LogP contribution in [-0.4, -0.2) is 14.1 Å². The molecule has 2 rings (SSSR count). The fourth-order valence-corrected chi connectivity index (χ4v) is 2.15. The lowest BCUT2D eigenvalue weighted by atomic mass is 10.1. The number of hydrogen-bond acceptors (Lipinski definition) is 1. The van der Waals surface area contributed by atoms with E-state index in [1.807, 2.05) is 0 Å². The van der Waals surface area contributed by atoms with Gasteiger partial charge in [0.1, 0.15) is 6.54 Å². The van der Waals surface area contributed by atoms with E-state index in [1.54, 1.807) is 0 Å². The number of aryl methyl sites for hydroxylation is 1. The molecule has 0 spiro atoms. The molecular weight excluding hydrogens is 383 g/mol. The van der Waals surface area contributed by atoms with E-state index in [2.05, 4.69) is 91.4 Å². The van der Waals surface area contributed by atoms with Gasteiger partial charge in [0.15, 0.2) is 12.4 Å². The van der Waals surface area contributed by atoms with E-state index in [0.29, 0.717) is 0 Å². The van der Waals surface area contributed by atoms with Crippen molar-refractivity contribution in [1.82, 2.24) is 0 Å². The van der Waals surface area contributed by atoms with Gasteiger partial charge < -0.3 is 28.9 Å². The molecule has 1 aromatic carbocycles. The number of halogens is 1. The lowest BCUT2D eigenvalue weighted by molar-refractivity contribution is -0.697. The number of anilines is 1. The van der Waals surface area contributed by atoms with Crippen molar-refractivity contribution in [2.75, 3.05) is 19.0 Å². The van der Waals surface area contributed by atoms with Gasteiger partial charge in [0.25, 0.3) is 0 Å². The SMILES string of the molecule is CCCC[n+]1ccc(C=Cc2ccc(N(C)C)cc2)cc1.[I-]. The Labute approximate surface area is 151 Å². The maximum absolute atomic E-state index is 2.24. The normalized spacial score (nSPS) is 10.5. The van der Waals surface area contributed by atoms with Crippen LogP contribution in [0, 0.1) is 0 Å². The van der Waals surface area contributed by atoms with Crippen LogP contribution in [0.25, 0.3) is 12.2 Å². The monoisotopic (exact) mass is 408 g/mol. The molecule has 2 aromatic rings. The number of pyridine rings is 1. The first kappa shape index (κ1) is 18.7. The fraction of sp³-hybridized carbons (Fsp3) is 0.316. The van der Waals surface area contributed by atoms with E-state index >= 15 is 0 Å². The Kier molecular flexibility index (Phi) is 8.17. The third kappa shape index (κ3) is 5.79. The first-order valence-corrected chi connectivity index (χ1v) is 7.63. The van der Waals surface area contributed by atoms with Gasteiger partial charge in [-0.15, -0.1) is 0 Å². The van der Waals surface area contributed by atoms with Crippen molar-refractivity contribution in [3.8, 4) is 0 Å². The van der Waals surface area contributed by atoms with Crippen molar-refractivity contribution in [3.63, 3.8) is 0 Å². The maximum Gasteiger partial charge on any atom is 0.169 e. The topological polar surface area (TPSA) is 7.12 Å². The summed E-state index contributed by atoms with van der Waals surface area (Å²) in [4.78, 5) is 2.11. The number of nitrogens with zero attached hydrogens (tertiary/aromatic N) is 2. The summed E-state index contributed by atoms with van der Waals surface area (Å²) in [7, 11) is 4.12. The number of rotatable bonds is 6. The second-order valence-electron chi connectivity index (χ2n) is 5.54. The summed E-state index contributed by atoms with van der Waals surface area (Å²) in [6, 6.07) is 12.9. The van der Waals surface area contributed by atoms with Crippen LogP contribution in [0.2, 0.25) is 0 Å². The van der Waals surface area contributed by atoms with Crippen LogP contribution < -0.4 is 33.4 Å². The predicted octanol–water partition coefficient (Wildman–Crippen LogP) is 1.01. The molecule has 1 aromatic heterocycles. The molecule has 0 aliphatic heterocycles. The molecule has 0 bridgehead atoms. The van der Waals surface area contributed by atoms with Gasteiger partial charge in [-0.1, -0.05) is 37.6 Å². The molecule has 0 aliphatic rings.